The summed E-state index contributed by atoms with van der Waals surface area (Å²) in [5, 5.41) is 3.26. The summed E-state index contributed by atoms with van der Waals surface area (Å²) in [6.45, 7) is 4.92. The van der Waals surface area contributed by atoms with Gasteiger partial charge in [-0.05, 0) is 37.1 Å². The Morgan fingerprint density at radius 2 is 1.73 bits per heavy atom. The second-order valence-electron chi connectivity index (χ2n) is 3.62. The third-order valence-electron chi connectivity index (χ3n) is 2.34. The van der Waals surface area contributed by atoms with Gasteiger partial charge in [-0.1, -0.05) is 13.8 Å². The molecule has 0 saturated heterocycles. The van der Waals surface area contributed by atoms with Gasteiger partial charge in [0.05, 0.1) is 0 Å². The number of halogens is 2. The number of hydrogen-bond acceptors (Lipinski definition) is 1. The Balaban J connectivity index is 2.81. The first-order valence-electron chi connectivity index (χ1n) is 5.36. The van der Waals surface area contributed by atoms with E-state index in [1.54, 1.807) is 0 Å². The normalized spacial score (nSPS) is 12.8. The Kier molecular flexibility index (Phi) is 4.69. The Bertz CT molecular complexity index is 292. The minimum Gasteiger partial charge on any atom is -0.310 e. The predicted octanol–water partition coefficient (Wildman–Crippen LogP) is 3.42. The van der Waals surface area contributed by atoms with E-state index in [9.17, 15) is 8.78 Å². The molecule has 1 aromatic carbocycles. The van der Waals surface area contributed by atoms with Gasteiger partial charge in [0, 0.05) is 12.1 Å². The molecule has 0 radical (unpaired) electrons. The van der Waals surface area contributed by atoms with Crippen molar-refractivity contribution in [3.63, 3.8) is 0 Å². The predicted molar refractivity (Wildman–Crippen MR) is 57.7 cm³/mol. The van der Waals surface area contributed by atoms with Crippen molar-refractivity contribution in [2.75, 3.05) is 6.54 Å². The van der Waals surface area contributed by atoms with Crippen LogP contribution in [0.25, 0.3) is 0 Å². The van der Waals surface area contributed by atoms with Crippen LogP contribution in [0.5, 0.6) is 0 Å². The zero-order chi connectivity index (χ0) is 11.3. The van der Waals surface area contributed by atoms with Crippen molar-refractivity contribution in [2.24, 2.45) is 0 Å². The van der Waals surface area contributed by atoms with E-state index in [0.29, 0.717) is 5.56 Å². The Morgan fingerprint density at radius 1 is 1.13 bits per heavy atom. The van der Waals surface area contributed by atoms with Crippen LogP contribution in [0.4, 0.5) is 8.78 Å². The van der Waals surface area contributed by atoms with Crippen LogP contribution in [-0.4, -0.2) is 6.54 Å². The summed E-state index contributed by atoms with van der Waals surface area (Å²) in [5.74, 6) is -1.02. The molecule has 1 nitrogen and oxygen atoms in total. The number of rotatable bonds is 5. The van der Waals surface area contributed by atoms with E-state index in [2.05, 4.69) is 12.2 Å². The molecule has 84 valence electrons. The molecule has 0 aliphatic rings. The van der Waals surface area contributed by atoms with Crippen LogP contribution >= 0.6 is 0 Å². The lowest BCUT2D eigenvalue weighted by Gasteiger charge is -2.17. The molecular formula is C12H17F2N. The Morgan fingerprint density at radius 3 is 2.20 bits per heavy atom. The van der Waals surface area contributed by atoms with Crippen molar-refractivity contribution in [2.45, 2.75) is 32.7 Å². The first kappa shape index (κ1) is 12.1. The molecule has 0 aliphatic heterocycles. The molecule has 0 fully saturated rings. The molecule has 0 saturated carbocycles. The minimum absolute atomic E-state index is 0.0372. The SMILES string of the molecule is CCCNC(CC)c1cc(F)cc(F)c1. The van der Waals surface area contributed by atoms with Crippen molar-refractivity contribution in [3.05, 3.63) is 35.4 Å². The molecule has 0 bridgehead atoms. The fourth-order valence-corrected chi connectivity index (χ4v) is 1.59. The molecule has 0 aromatic heterocycles. The first-order chi connectivity index (χ1) is 7.17. The van der Waals surface area contributed by atoms with E-state index >= 15 is 0 Å². The van der Waals surface area contributed by atoms with Gasteiger partial charge < -0.3 is 5.32 Å². The highest BCUT2D eigenvalue weighted by Gasteiger charge is 2.10. The zero-order valence-electron chi connectivity index (χ0n) is 9.19. The van der Waals surface area contributed by atoms with Gasteiger partial charge in [0.15, 0.2) is 0 Å². The molecule has 1 unspecified atom stereocenters. The number of hydrogen-bond donors (Lipinski definition) is 1. The summed E-state index contributed by atoms with van der Waals surface area (Å²) in [4.78, 5) is 0. The molecule has 0 aliphatic carbocycles. The van der Waals surface area contributed by atoms with Gasteiger partial charge in [-0.3, -0.25) is 0 Å². The van der Waals surface area contributed by atoms with Crippen molar-refractivity contribution in [3.8, 4) is 0 Å². The smallest absolute Gasteiger partial charge is 0.126 e. The van der Waals surface area contributed by atoms with Gasteiger partial charge in [-0.2, -0.15) is 0 Å². The van der Waals surface area contributed by atoms with Crippen LogP contribution < -0.4 is 5.32 Å². The van der Waals surface area contributed by atoms with E-state index in [0.717, 1.165) is 25.5 Å². The lowest BCUT2D eigenvalue weighted by Crippen LogP contribution is -2.21. The topological polar surface area (TPSA) is 12.0 Å². The van der Waals surface area contributed by atoms with E-state index in [4.69, 9.17) is 0 Å². The summed E-state index contributed by atoms with van der Waals surface area (Å²) < 4.78 is 26.0. The summed E-state index contributed by atoms with van der Waals surface area (Å²) in [6.07, 6.45) is 1.83. The van der Waals surface area contributed by atoms with Gasteiger partial charge in [-0.15, -0.1) is 0 Å². The molecule has 1 N–H and O–H groups in total. The zero-order valence-corrected chi connectivity index (χ0v) is 9.19. The van der Waals surface area contributed by atoms with E-state index in [1.807, 2.05) is 6.92 Å². The van der Waals surface area contributed by atoms with E-state index in [1.165, 1.54) is 12.1 Å². The van der Waals surface area contributed by atoms with Crippen molar-refractivity contribution in [1.29, 1.82) is 0 Å². The highest BCUT2D eigenvalue weighted by Crippen LogP contribution is 2.18. The van der Waals surface area contributed by atoms with Gasteiger partial charge in [0.1, 0.15) is 11.6 Å². The summed E-state index contributed by atoms with van der Waals surface area (Å²) in [7, 11) is 0. The quantitative estimate of drug-likeness (QED) is 0.790. The maximum absolute atomic E-state index is 13.0. The van der Waals surface area contributed by atoms with Gasteiger partial charge in [-0.25, -0.2) is 8.78 Å². The number of nitrogens with one attached hydrogen (secondary N) is 1. The van der Waals surface area contributed by atoms with Crippen LogP contribution in [0, 0.1) is 11.6 Å². The molecule has 1 atom stereocenters. The highest BCUT2D eigenvalue weighted by molar-refractivity contribution is 5.21. The molecule has 15 heavy (non-hydrogen) atoms. The standard InChI is InChI=1S/C12H17F2N/c1-3-5-15-12(4-2)9-6-10(13)8-11(14)7-9/h6-8,12,15H,3-5H2,1-2H3. The van der Waals surface area contributed by atoms with Gasteiger partial charge in [0.2, 0.25) is 0 Å². The molecular weight excluding hydrogens is 196 g/mol. The van der Waals surface area contributed by atoms with Crippen molar-refractivity contribution >= 4 is 0 Å². The molecule has 0 spiro atoms. The minimum atomic E-state index is -0.512. The average Bonchev–Trinajstić information content (AvgIpc) is 2.17. The monoisotopic (exact) mass is 213 g/mol. The van der Waals surface area contributed by atoms with Crippen molar-refractivity contribution in [1.82, 2.24) is 5.32 Å². The van der Waals surface area contributed by atoms with Gasteiger partial charge >= 0.3 is 0 Å². The number of benzene rings is 1. The van der Waals surface area contributed by atoms with Crippen LogP contribution in [0.2, 0.25) is 0 Å². The van der Waals surface area contributed by atoms with Crippen LogP contribution in [0.3, 0.4) is 0 Å². The second-order valence-corrected chi connectivity index (χ2v) is 3.62. The molecule has 1 aromatic rings. The Labute approximate surface area is 89.5 Å². The fraction of sp³-hybridized carbons (Fsp3) is 0.500. The fourth-order valence-electron chi connectivity index (χ4n) is 1.59. The summed E-state index contributed by atoms with van der Waals surface area (Å²) in [6, 6.07) is 3.71. The maximum Gasteiger partial charge on any atom is 0.126 e. The molecule has 1 rings (SSSR count). The molecule has 3 heteroatoms. The first-order valence-corrected chi connectivity index (χ1v) is 5.36. The highest BCUT2D eigenvalue weighted by atomic mass is 19.1. The van der Waals surface area contributed by atoms with Crippen LogP contribution in [-0.2, 0) is 0 Å². The van der Waals surface area contributed by atoms with Crippen LogP contribution in [0.15, 0.2) is 18.2 Å². The molecule has 0 amide bonds. The third-order valence-corrected chi connectivity index (χ3v) is 2.34. The average molecular weight is 213 g/mol. The lowest BCUT2D eigenvalue weighted by atomic mass is 10.0. The largest absolute Gasteiger partial charge is 0.310 e. The third kappa shape index (κ3) is 3.59. The maximum atomic E-state index is 13.0. The summed E-state index contributed by atoms with van der Waals surface area (Å²) >= 11 is 0. The van der Waals surface area contributed by atoms with Crippen molar-refractivity contribution < 1.29 is 8.78 Å². The van der Waals surface area contributed by atoms with Crippen LogP contribution in [0.1, 0.15) is 38.3 Å². The van der Waals surface area contributed by atoms with Gasteiger partial charge in [0.25, 0.3) is 0 Å². The van der Waals surface area contributed by atoms with E-state index < -0.39 is 11.6 Å². The Hall–Kier alpha value is -0.960. The second kappa shape index (κ2) is 5.81. The lowest BCUT2D eigenvalue weighted by molar-refractivity contribution is 0.506. The summed E-state index contributed by atoms with van der Waals surface area (Å²) in [5.41, 5.74) is 0.684. The van der Waals surface area contributed by atoms with E-state index in [-0.39, 0.29) is 6.04 Å². The molecule has 0 heterocycles.